The van der Waals surface area contributed by atoms with Crippen molar-refractivity contribution in [1.82, 2.24) is 20.5 Å². The number of rotatable bonds is 6. The van der Waals surface area contributed by atoms with E-state index in [1.807, 2.05) is 36.7 Å². The highest BCUT2D eigenvalue weighted by molar-refractivity contribution is 5.66. The number of aromatic nitrogens is 3. The molecule has 0 bridgehead atoms. The van der Waals surface area contributed by atoms with Crippen LogP contribution in [0.2, 0.25) is 0 Å². The molecule has 0 saturated carbocycles. The lowest BCUT2D eigenvalue weighted by Gasteiger charge is -2.07. The minimum Gasteiger partial charge on any atom is -0.454 e. The summed E-state index contributed by atoms with van der Waals surface area (Å²) in [4.78, 5) is 4.13. The molecule has 3 aromatic rings. The monoisotopic (exact) mass is 322 g/mol. The Kier molecular flexibility index (Phi) is 4.12. The largest absolute Gasteiger partial charge is 0.454 e. The Balaban J connectivity index is 1.40. The Morgan fingerprint density at radius 3 is 3.00 bits per heavy atom. The predicted octanol–water partition coefficient (Wildman–Crippen LogP) is 2.53. The van der Waals surface area contributed by atoms with Crippen LogP contribution in [-0.4, -0.2) is 28.5 Å². The van der Waals surface area contributed by atoms with Crippen molar-refractivity contribution in [1.29, 1.82) is 0 Å². The second-order valence-corrected chi connectivity index (χ2v) is 5.63. The van der Waals surface area contributed by atoms with Gasteiger partial charge >= 0.3 is 0 Å². The molecule has 1 aromatic carbocycles. The second kappa shape index (κ2) is 6.72. The van der Waals surface area contributed by atoms with Crippen LogP contribution in [0.1, 0.15) is 11.1 Å². The third-order valence-corrected chi connectivity index (χ3v) is 4.01. The molecule has 0 amide bonds. The lowest BCUT2D eigenvalue weighted by atomic mass is 10.1. The van der Waals surface area contributed by atoms with E-state index in [1.165, 1.54) is 5.56 Å². The summed E-state index contributed by atoms with van der Waals surface area (Å²) < 4.78 is 10.8. The van der Waals surface area contributed by atoms with Crippen LogP contribution in [0.15, 0.2) is 48.9 Å². The molecule has 0 fully saturated rings. The average molecular weight is 322 g/mol. The topological polar surface area (TPSA) is 72.1 Å². The first-order valence-electron chi connectivity index (χ1n) is 7.92. The lowest BCUT2D eigenvalue weighted by molar-refractivity contribution is 0.174. The van der Waals surface area contributed by atoms with E-state index in [0.717, 1.165) is 47.8 Å². The number of nitrogens with one attached hydrogen (secondary N) is 2. The summed E-state index contributed by atoms with van der Waals surface area (Å²) >= 11 is 0. The van der Waals surface area contributed by atoms with E-state index in [2.05, 4.69) is 26.6 Å². The average Bonchev–Trinajstić information content (AvgIpc) is 3.28. The van der Waals surface area contributed by atoms with E-state index < -0.39 is 0 Å². The van der Waals surface area contributed by atoms with Gasteiger partial charge in [0.05, 0.1) is 11.9 Å². The van der Waals surface area contributed by atoms with E-state index in [4.69, 9.17) is 9.47 Å². The smallest absolute Gasteiger partial charge is 0.231 e. The highest BCUT2D eigenvalue weighted by atomic mass is 16.7. The Hall–Kier alpha value is -2.86. The molecule has 0 atom stereocenters. The SMILES string of the molecule is c1cncc(CCNCc2cn[nH]c2-c2ccc3c(c2)OCO3)c1. The number of fused-ring (bicyclic) bond motifs is 1. The maximum Gasteiger partial charge on any atom is 0.231 e. The maximum atomic E-state index is 5.45. The van der Waals surface area contributed by atoms with Crippen molar-refractivity contribution < 1.29 is 9.47 Å². The molecule has 6 nitrogen and oxygen atoms in total. The molecule has 6 heteroatoms. The van der Waals surface area contributed by atoms with Crippen molar-refractivity contribution in [3.8, 4) is 22.8 Å². The number of H-pyrrole nitrogens is 1. The van der Waals surface area contributed by atoms with Crippen LogP contribution in [0.5, 0.6) is 11.5 Å². The fourth-order valence-corrected chi connectivity index (χ4v) is 2.75. The predicted molar refractivity (Wildman–Crippen MR) is 89.8 cm³/mol. The molecule has 2 aromatic heterocycles. The zero-order valence-corrected chi connectivity index (χ0v) is 13.2. The second-order valence-electron chi connectivity index (χ2n) is 5.63. The van der Waals surface area contributed by atoms with E-state index in [9.17, 15) is 0 Å². The molecule has 122 valence electrons. The number of pyridine rings is 1. The van der Waals surface area contributed by atoms with Gasteiger partial charge in [0, 0.05) is 30.1 Å². The Labute approximate surface area is 139 Å². The minimum absolute atomic E-state index is 0.282. The molecule has 2 N–H and O–H groups in total. The van der Waals surface area contributed by atoms with Crippen molar-refractivity contribution in [2.45, 2.75) is 13.0 Å². The van der Waals surface area contributed by atoms with Gasteiger partial charge in [-0.2, -0.15) is 5.10 Å². The van der Waals surface area contributed by atoms with Crippen molar-refractivity contribution in [2.75, 3.05) is 13.3 Å². The highest BCUT2D eigenvalue weighted by Crippen LogP contribution is 2.36. The molecule has 1 aliphatic rings. The van der Waals surface area contributed by atoms with E-state index in [-0.39, 0.29) is 6.79 Å². The maximum absolute atomic E-state index is 5.45. The van der Waals surface area contributed by atoms with Gasteiger partial charge in [0.15, 0.2) is 11.5 Å². The first-order chi connectivity index (χ1) is 11.9. The molecule has 0 saturated heterocycles. The number of aromatic amines is 1. The number of hydrogen-bond donors (Lipinski definition) is 2. The van der Waals surface area contributed by atoms with Gasteiger partial charge in [-0.3, -0.25) is 10.1 Å². The van der Waals surface area contributed by atoms with Crippen LogP contribution in [0.3, 0.4) is 0 Å². The fraction of sp³-hybridized carbons (Fsp3) is 0.222. The van der Waals surface area contributed by atoms with Gasteiger partial charge in [-0.05, 0) is 42.8 Å². The van der Waals surface area contributed by atoms with Crippen LogP contribution < -0.4 is 14.8 Å². The fourth-order valence-electron chi connectivity index (χ4n) is 2.75. The van der Waals surface area contributed by atoms with Crippen LogP contribution in [-0.2, 0) is 13.0 Å². The van der Waals surface area contributed by atoms with Crippen LogP contribution >= 0.6 is 0 Å². The zero-order valence-electron chi connectivity index (χ0n) is 13.2. The van der Waals surface area contributed by atoms with Crippen molar-refractivity contribution in [3.05, 3.63) is 60.0 Å². The lowest BCUT2D eigenvalue weighted by Crippen LogP contribution is -2.16. The third kappa shape index (κ3) is 3.09. The molecular formula is C18H18N4O2. The molecule has 4 rings (SSSR count). The summed E-state index contributed by atoms with van der Waals surface area (Å²) in [7, 11) is 0. The first-order valence-corrected chi connectivity index (χ1v) is 7.92. The Morgan fingerprint density at radius 2 is 2.08 bits per heavy atom. The molecule has 0 spiro atoms. The van der Waals surface area contributed by atoms with Crippen LogP contribution in [0.25, 0.3) is 11.3 Å². The van der Waals surface area contributed by atoms with Gasteiger partial charge in [0.25, 0.3) is 0 Å². The quantitative estimate of drug-likeness (QED) is 0.682. The summed E-state index contributed by atoms with van der Waals surface area (Å²) in [6, 6.07) is 9.97. The number of nitrogens with zero attached hydrogens (tertiary/aromatic N) is 2. The number of hydrogen-bond acceptors (Lipinski definition) is 5. The minimum atomic E-state index is 0.282. The summed E-state index contributed by atoms with van der Waals surface area (Å²) in [6.45, 7) is 1.92. The van der Waals surface area contributed by atoms with Crippen molar-refractivity contribution in [3.63, 3.8) is 0 Å². The standard InChI is InChI=1S/C18H18N4O2/c1-2-13(9-19-6-1)5-7-20-10-15-11-21-22-18(15)14-3-4-16-17(8-14)24-12-23-16/h1-4,6,8-9,11,20H,5,7,10,12H2,(H,21,22). The van der Waals surface area contributed by atoms with E-state index >= 15 is 0 Å². The van der Waals surface area contributed by atoms with Gasteiger partial charge in [0.2, 0.25) is 6.79 Å². The number of benzene rings is 1. The Morgan fingerprint density at radius 1 is 1.12 bits per heavy atom. The molecule has 0 radical (unpaired) electrons. The van der Waals surface area contributed by atoms with Gasteiger partial charge in [0.1, 0.15) is 0 Å². The Bertz CT molecular complexity index is 817. The normalized spacial score (nSPS) is 12.5. The first kappa shape index (κ1) is 14.7. The summed E-state index contributed by atoms with van der Waals surface area (Å²) in [5.41, 5.74) is 4.40. The van der Waals surface area contributed by atoms with Crippen LogP contribution in [0.4, 0.5) is 0 Å². The van der Waals surface area contributed by atoms with Gasteiger partial charge < -0.3 is 14.8 Å². The zero-order chi connectivity index (χ0) is 16.2. The molecule has 0 aliphatic carbocycles. The van der Waals surface area contributed by atoms with Gasteiger partial charge in [-0.1, -0.05) is 6.07 Å². The van der Waals surface area contributed by atoms with Crippen molar-refractivity contribution in [2.24, 2.45) is 0 Å². The summed E-state index contributed by atoms with van der Waals surface area (Å²) in [5.74, 6) is 1.56. The summed E-state index contributed by atoms with van der Waals surface area (Å²) in [6.07, 6.45) is 6.50. The van der Waals surface area contributed by atoms with E-state index in [1.54, 1.807) is 6.20 Å². The molecular weight excluding hydrogens is 304 g/mol. The number of ether oxygens (including phenoxy) is 2. The van der Waals surface area contributed by atoms with Gasteiger partial charge in [-0.15, -0.1) is 0 Å². The van der Waals surface area contributed by atoms with Crippen LogP contribution in [0, 0.1) is 0 Å². The highest BCUT2D eigenvalue weighted by Gasteiger charge is 2.16. The summed E-state index contributed by atoms with van der Waals surface area (Å²) in [5, 5.41) is 10.7. The van der Waals surface area contributed by atoms with Crippen molar-refractivity contribution >= 4 is 0 Å². The molecule has 24 heavy (non-hydrogen) atoms. The van der Waals surface area contributed by atoms with Gasteiger partial charge in [-0.25, -0.2) is 0 Å². The van der Waals surface area contributed by atoms with E-state index in [0.29, 0.717) is 0 Å². The molecule has 1 aliphatic heterocycles. The molecule has 0 unspecified atom stereocenters. The third-order valence-electron chi connectivity index (χ3n) is 4.01. The molecule has 3 heterocycles.